The number of amides is 3. The van der Waals surface area contributed by atoms with Crippen LogP contribution in [0.25, 0.3) is 0 Å². The van der Waals surface area contributed by atoms with E-state index < -0.39 is 42.1 Å². The van der Waals surface area contributed by atoms with Gasteiger partial charge < -0.3 is 14.9 Å². The summed E-state index contributed by atoms with van der Waals surface area (Å²) >= 11 is 0. The second kappa shape index (κ2) is 8.99. The van der Waals surface area contributed by atoms with Crippen LogP contribution in [0, 0.1) is 23.7 Å². The number of hydrazone groups is 1. The molecule has 1 aromatic rings. The molecule has 3 amide bonds. The molecule has 0 radical (unpaired) electrons. The molecule has 7 atom stereocenters. The van der Waals surface area contributed by atoms with Crippen molar-refractivity contribution in [2.45, 2.75) is 51.4 Å². The van der Waals surface area contributed by atoms with Gasteiger partial charge in [0.2, 0.25) is 11.8 Å². The Hall–Kier alpha value is -2.78. The van der Waals surface area contributed by atoms with Gasteiger partial charge in [0.15, 0.2) is 0 Å². The molecular formula is C23H29N3O6. The van der Waals surface area contributed by atoms with Crippen LogP contribution in [-0.2, 0) is 14.3 Å². The first kappa shape index (κ1) is 22.4. The molecule has 0 aromatic heterocycles. The number of aliphatic hydroxyl groups excluding tert-OH is 2. The Balaban J connectivity index is 1.62. The quantitative estimate of drug-likeness (QED) is 0.479. The molecule has 1 heterocycles. The van der Waals surface area contributed by atoms with Gasteiger partial charge in [-0.25, -0.2) is 10.2 Å². The summed E-state index contributed by atoms with van der Waals surface area (Å²) in [5.41, 5.74) is 3.69. The van der Waals surface area contributed by atoms with E-state index in [2.05, 4.69) is 10.5 Å². The zero-order chi connectivity index (χ0) is 23.0. The molecule has 9 nitrogen and oxygen atoms in total. The molecule has 2 aliphatic carbocycles. The SMILES string of the molecule is CCOC(=O)NN=C1C[C@@H](O)[C@@H](O)[C@@H]2[C@@H]3C(=O)N([C@@H](C)c4ccccc4)C(=O)[C@@H]3CC[C@H]12. The lowest BCUT2D eigenvalue weighted by atomic mass is 9.60. The lowest BCUT2D eigenvalue weighted by molar-refractivity contribution is -0.144. The minimum atomic E-state index is -1.15. The van der Waals surface area contributed by atoms with Crippen molar-refractivity contribution in [3.63, 3.8) is 0 Å². The fraction of sp³-hybridized carbons (Fsp3) is 0.565. The van der Waals surface area contributed by atoms with Gasteiger partial charge in [-0.05, 0) is 32.3 Å². The van der Waals surface area contributed by atoms with Crippen LogP contribution in [0.15, 0.2) is 35.4 Å². The van der Waals surface area contributed by atoms with Crippen LogP contribution in [-0.4, -0.2) is 57.5 Å². The zero-order valence-corrected chi connectivity index (χ0v) is 18.2. The number of carbonyl (C=O) groups is 3. The number of rotatable bonds is 4. The number of carbonyl (C=O) groups excluding carboxylic acids is 3. The number of hydrogen-bond acceptors (Lipinski definition) is 7. The van der Waals surface area contributed by atoms with Crippen LogP contribution in [0.5, 0.6) is 0 Å². The smallest absolute Gasteiger partial charge is 0.427 e. The van der Waals surface area contributed by atoms with Crippen LogP contribution < -0.4 is 5.43 Å². The average Bonchev–Trinajstić information content (AvgIpc) is 3.05. The predicted octanol–water partition coefficient (Wildman–Crippen LogP) is 1.60. The van der Waals surface area contributed by atoms with Crippen LogP contribution in [0.4, 0.5) is 4.79 Å². The van der Waals surface area contributed by atoms with E-state index >= 15 is 0 Å². The fourth-order valence-corrected chi connectivity index (χ4v) is 5.57. The van der Waals surface area contributed by atoms with Gasteiger partial charge in [0.25, 0.3) is 0 Å². The third-order valence-electron chi connectivity index (χ3n) is 7.05. The van der Waals surface area contributed by atoms with Gasteiger partial charge in [-0.1, -0.05) is 30.3 Å². The van der Waals surface area contributed by atoms with Crippen molar-refractivity contribution in [3.8, 4) is 0 Å². The third kappa shape index (κ3) is 3.80. The van der Waals surface area contributed by atoms with Crippen molar-refractivity contribution in [2.24, 2.45) is 28.8 Å². The molecule has 2 saturated carbocycles. The number of aliphatic hydroxyl groups is 2. The molecule has 1 aromatic carbocycles. The van der Waals surface area contributed by atoms with Gasteiger partial charge >= 0.3 is 6.09 Å². The Morgan fingerprint density at radius 3 is 2.56 bits per heavy atom. The molecule has 0 spiro atoms. The van der Waals surface area contributed by atoms with Crippen molar-refractivity contribution in [3.05, 3.63) is 35.9 Å². The zero-order valence-electron chi connectivity index (χ0n) is 18.2. The van der Waals surface area contributed by atoms with Gasteiger partial charge in [0.1, 0.15) is 0 Å². The standard InChI is InChI=1S/C23H29N3O6/c1-3-32-23(31)25-24-16-11-17(27)20(28)18-14(16)9-10-15-19(18)22(30)26(21(15)29)12(2)13-7-5-4-6-8-13/h4-8,12,14-15,17-20,27-28H,3,9-11H2,1-2H3,(H,25,31)/t12-,14+,15+,17+,18-,19+,20+/m0/s1. The highest BCUT2D eigenvalue weighted by Gasteiger charge is 2.60. The molecule has 0 bridgehead atoms. The van der Waals surface area contributed by atoms with Gasteiger partial charge in [-0.2, -0.15) is 5.10 Å². The highest BCUT2D eigenvalue weighted by molar-refractivity contribution is 6.06. The number of imide groups is 1. The Kier molecular flexibility index (Phi) is 6.30. The monoisotopic (exact) mass is 443 g/mol. The van der Waals surface area contributed by atoms with Gasteiger partial charge in [0.05, 0.1) is 36.7 Å². The van der Waals surface area contributed by atoms with E-state index in [1.165, 1.54) is 4.90 Å². The average molecular weight is 444 g/mol. The van der Waals surface area contributed by atoms with Crippen LogP contribution in [0.3, 0.4) is 0 Å². The van der Waals surface area contributed by atoms with Crippen molar-refractivity contribution in [1.82, 2.24) is 10.3 Å². The molecule has 172 valence electrons. The van der Waals surface area contributed by atoms with E-state index in [-0.39, 0.29) is 30.8 Å². The van der Waals surface area contributed by atoms with Gasteiger partial charge in [0, 0.05) is 24.0 Å². The normalized spacial score (nSPS) is 34.1. The Bertz CT molecular complexity index is 920. The highest BCUT2D eigenvalue weighted by Crippen LogP contribution is 2.50. The molecule has 0 unspecified atom stereocenters. The fourth-order valence-electron chi connectivity index (χ4n) is 5.57. The first-order valence-electron chi connectivity index (χ1n) is 11.1. The molecule has 9 heteroatoms. The van der Waals surface area contributed by atoms with Crippen LogP contribution >= 0.6 is 0 Å². The lowest BCUT2D eigenvalue weighted by Crippen LogP contribution is -2.55. The minimum absolute atomic E-state index is 0.0817. The summed E-state index contributed by atoms with van der Waals surface area (Å²) in [5.74, 6) is -2.79. The van der Waals surface area contributed by atoms with E-state index in [1.54, 1.807) is 6.92 Å². The summed E-state index contributed by atoms with van der Waals surface area (Å²) < 4.78 is 4.83. The van der Waals surface area contributed by atoms with E-state index in [1.807, 2.05) is 37.3 Å². The molecule has 3 aliphatic rings. The molecular weight excluding hydrogens is 414 g/mol. The maximum absolute atomic E-state index is 13.5. The van der Waals surface area contributed by atoms with E-state index in [0.29, 0.717) is 18.6 Å². The first-order valence-corrected chi connectivity index (χ1v) is 11.1. The van der Waals surface area contributed by atoms with Crippen molar-refractivity contribution in [2.75, 3.05) is 6.61 Å². The summed E-state index contributed by atoms with van der Waals surface area (Å²) in [7, 11) is 0. The largest absolute Gasteiger partial charge is 0.449 e. The molecule has 32 heavy (non-hydrogen) atoms. The second-order valence-corrected chi connectivity index (χ2v) is 8.72. The number of ether oxygens (including phenoxy) is 1. The minimum Gasteiger partial charge on any atom is -0.449 e. The van der Waals surface area contributed by atoms with Gasteiger partial charge in [-0.3, -0.25) is 14.5 Å². The lowest BCUT2D eigenvalue weighted by Gasteiger charge is -2.45. The maximum atomic E-state index is 13.5. The number of fused-ring (bicyclic) bond motifs is 3. The van der Waals surface area contributed by atoms with E-state index in [9.17, 15) is 24.6 Å². The van der Waals surface area contributed by atoms with E-state index in [0.717, 1.165) is 5.56 Å². The van der Waals surface area contributed by atoms with Gasteiger partial charge in [-0.15, -0.1) is 0 Å². The Labute approximate surface area is 186 Å². The van der Waals surface area contributed by atoms with Crippen LogP contribution in [0.2, 0.25) is 0 Å². The molecule has 4 rings (SSSR count). The second-order valence-electron chi connectivity index (χ2n) is 8.72. The van der Waals surface area contributed by atoms with Crippen LogP contribution in [0.1, 0.15) is 44.7 Å². The third-order valence-corrected chi connectivity index (χ3v) is 7.05. The van der Waals surface area contributed by atoms with Crippen molar-refractivity contribution in [1.29, 1.82) is 0 Å². The molecule has 1 aliphatic heterocycles. The van der Waals surface area contributed by atoms with Crippen molar-refractivity contribution < 1.29 is 29.3 Å². The predicted molar refractivity (Wildman–Crippen MR) is 114 cm³/mol. The summed E-state index contributed by atoms with van der Waals surface area (Å²) in [6, 6.07) is 8.92. The molecule has 3 fully saturated rings. The number of hydrogen-bond donors (Lipinski definition) is 3. The van der Waals surface area contributed by atoms with Crippen molar-refractivity contribution >= 4 is 23.6 Å². The molecule has 1 saturated heterocycles. The number of nitrogens with zero attached hydrogens (tertiary/aromatic N) is 2. The number of likely N-dealkylation sites (tertiary alicyclic amines) is 1. The summed E-state index contributed by atoms with van der Waals surface area (Å²) in [6.07, 6.45) is -1.90. The summed E-state index contributed by atoms with van der Waals surface area (Å²) in [4.78, 5) is 39.7. The molecule has 3 N–H and O–H groups in total. The Morgan fingerprint density at radius 1 is 1.19 bits per heavy atom. The summed E-state index contributed by atoms with van der Waals surface area (Å²) in [5, 5.41) is 25.5. The highest BCUT2D eigenvalue weighted by atomic mass is 16.5. The topological polar surface area (TPSA) is 129 Å². The summed E-state index contributed by atoms with van der Waals surface area (Å²) in [6.45, 7) is 3.69. The Morgan fingerprint density at radius 2 is 1.88 bits per heavy atom. The van der Waals surface area contributed by atoms with E-state index in [4.69, 9.17) is 4.74 Å². The maximum Gasteiger partial charge on any atom is 0.427 e. The first-order chi connectivity index (χ1) is 15.3. The number of nitrogens with one attached hydrogen (secondary N) is 1. The number of benzene rings is 1.